The third-order valence-electron chi connectivity index (χ3n) is 1.59. The molecule has 0 aliphatic carbocycles. The molecule has 20 heavy (non-hydrogen) atoms. The molecular weight excluding hydrogens is 298 g/mol. The minimum absolute atomic E-state index is 0.0324. The number of rotatable bonds is 2. The van der Waals surface area contributed by atoms with E-state index in [1.54, 1.807) is 12.1 Å². The van der Waals surface area contributed by atoms with Crippen molar-refractivity contribution in [1.82, 2.24) is 0 Å². The van der Waals surface area contributed by atoms with Crippen LogP contribution >= 0.6 is 0 Å². The molecule has 4 nitrogen and oxygen atoms in total. The van der Waals surface area contributed by atoms with E-state index in [-0.39, 0.29) is 5.78 Å². The molecule has 0 amide bonds. The van der Waals surface area contributed by atoms with Gasteiger partial charge in [0.15, 0.2) is 11.5 Å². The zero-order chi connectivity index (χ0) is 16.1. The van der Waals surface area contributed by atoms with E-state index in [1.807, 2.05) is 0 Å². The number of furan rings is 1. The molecule has 0 aromatic carbocycles. The van der Waals surface area contributed by atoms with Crippen LogP contribution in [0, 0.1) is 0 Å². The van der Waals surface area contributed by atoms with E-state index in [2.05, 4.69) is 0 Å². The molecule has 1 aromatic heterocycles. The first-order valence-electron chi connectivity index (χ1n) is 4.64. The Morgan fingerprint density at radius 1 is 0.950 bits per heavy atom. The predicted octanol–water partition coefficient (Wildman–Crippen LogP) is 2.73. The fourth-order valence-electron chi connectivity index (χ4n) is 0.736. The van der Waals surface area contributed by atoms with Gasteiger partial charge in [-0.25, -0.2) is 0 Å². The molecule has 0 saturated carbocycles. The molecule has 0 unspecified atom stereocenters. The second kappa shape index (κ2) is 6.35. The van der Waals surface area contributed by atoms with Crippen molar-refractivity contribution in [1.29, 1.82) is 0 Å². The largest absolute Gasteiger partial charge is 0.461 e. The predicted molar refractivity (Wildman–Crippen MR) is 50.8 cm³/mol. The van der Waals surface area contributed by atoms with E-state index in [0.29, 0.717) is 5.76 Å². The standard InChI is InChI=1S/C6H6O2.C4F6O2/c1-5(7)6-3-2-4-8-6;5-3(6,7)1(11)2(12)4(8,9)10/h2-4H,1H3;. The highest BCUT2D eigenvalue weighted by Crippen LogP contribution is 2.23. The van der Waals surface area contributed by atoms with Crippen molar-refractivity contribution in [2.75, 3.05) is 0 Å². The summed E-state index contributed by atoms with van der Waals surface area (Å²) in [5.41, 5.74) is 0. The van der Waals surface area contributed by atoms with Crippen molar-refractivity contribution in [3.8, 4) is 0 Å². The van der Waals surface area contributed by atoms with Crippen LogP contribution in [0.1, 0.15) is 17.5 Å². The van der Waals surface area contributed by atoms with Gasteiger partial charge in [0.05, 0.1) is 6.26 Å². The molecule has 0 spiro atoms. The Morgan fingerprint density at radius 2 is 1.35 bits per heavy atom. The average molecular weight is 304 g/mol. The van der Waals surface area contributed by atoms with E-state index >= 15 is 0 Å². The van der Waals surface area contributed by atoms with Crippen LogP contribution < -0.4 is 0 Å². The van der Waals surface area contributed by atoms with Gasteiger partial charge in [-0.2, -0.15) is 26.3 Å². The summed E-state index contributed by atoms with van der Waals surface area (Å²) in [7, 11) is 0. The van der Waals surface area contributed by atoms with Crippen molar-refractivity contribution in [2.24, 2.45) is 0 Å². The lowest BCUT2D eigenvalue weighted by molar-refractivity contribution is -0.193. The smallest absolute Gasteiger partial charge is 0.458 e. The molecular formula is C10H6F6O4. The Kier molecular flexibility index (Phi) is 5.67. The minimum Gasteiger partial charge on any atom is -0.461 e. The molecule has 0 fully saturated rings. The summed E-state index contributed by atoms with van der Waals surface area (Å²) in [4.78, 5) is 29.6. The summed E-state index contributed by atoms with van der Waals surface area (Å²) in [6, 6.07) is 3.33. The van der Waals surface area contributed by atoms with Crippen LogP contribution in [0.3, 0.4) is 0 Å². The van der Waals surface area contributed by atoms with Gasteiger partial charge in [0.25, 0.3) is 0 Å². The topological polar surface area (TPSA) is 64.3 Å². The van der Waals surface area contributed by atoms with Crippen LogP contribution in [0.25, 0.3) is 0 Å². The molecule has 1 heterocycles. The van der Waals surface area contributed by atoms with Gasteiger partial charge in [-0.1, -0.05) is 0 Å². The summed E-state index contributed by atoms with van der Waals surface area (Å²) < 4.78 is 71.7. The van der Waals surface area contributed by atoms with Crippen molar-refractivity contribution >= 4 is 17.3 Å². The molecule has 0 radical (unpaired) electrons. The number of hydrogen-bond acceptors (Lipinski definition) is 4. The lowest BCUT2D eigenvalue weighted by Gasteiger charge is -2.05. The van der Waals surface area contributed by atoms with E-state index in [1.165, 1.54) is 13.2 Å². The number of halogens is 6. The molecule has 0 bridgehead atoms. The second-order valence-electron chi connectivity index (χ2n) is 3.19. The maximum atomic E-state index is 11.2. The van der Waals surface area contributed by atoms with Crippen molar-refractivity contribution in [3.63, 3.8) is 0 Å². The lowest BCUT2D eigenvalue weighted by Crippen LogP contribution is -2.39. The van der Waals surface area contributed by atoms with Gasteiger partial charge in [-0.05, 0) is 12.1 Å². The molecule has 0 saturated heterocycles. The third-order valence-corrected chi connectivity index (χ3v) is 1.59. The Balaban J connectivity index is 0.000000388. The Bertz CT molecular complexity index is 459. The number of carbonyl (C=O) groups is 3. The third kappa shape index (κ3) is 5.67. The van der Waals surface area contributed by atoms with Crippen molar-refractivity contribution < 1.29 is 45.1 Å². The fraction of sp³-hybridized carbons (Fsp3) is 0.300. The molecule has 0 aliphatic rings. The van der Waals surface area contributed by atoms with E-state index in [0.717, 1.165) is 0 Å². The number of Topliss-reactive ketones (excluding diaryl/α,β-unsaturated/α-hetero) is 3. The van der Waals surface area contributed by atoms with Gasteiger partial charge in [0.1, 0.15) is 0 Å². The van der Waals surface area contributed by atoms with Gasteiger partial charge in [-0.3, -0.25) is 14.4 Å². The van der Waals surface area contributed by atoms with Crippen molar-refractivity contribution in [2.45, 2.75) is 19.3 Å². The van der Waals surface area contributed by atoms with E-state index in [4.69, 9.17) is 4.42 Å². The summed E-state index contributed by atoms with van der Waals surface area (Å²) in [5, 5.41) is 0. The molecule has 112 valence electrons. The highest BCUT2D eigenvalue weighted by molar-refractivity contribution is 6.41. The van der Waals surface area contributed by atoms with E-state index in [9.17, 15) is 40.7 Å². The molecule has 1 aromatic rings. The van der Waals surface area contributed by atoms with E-state index < -0.39 is 23.9 Å². The number of ketones is 3. The monoisotopic (exact) mass is 304 g/mol. The average Bonchev–Trinajstić information content (AvgIpc) is 2.78. The summed E-state index contributed by atoms with van der Waals surface area (Å²) in [6.45, 7) is 1.47. The van der Waals surface area contributed by atoms with Crippen molar-refractivity contribution in [3.05, 3.63) is 24.2 Å². The number of carbonyl (C=O) groups excluding carboxylic acids is 3. The maximum absolute atomic E-state index is 11.2. The Labute approximate surface area is 107 Å². The molecule has 0 aliphatic heterocycles. The van der Waals surface area contributed by atoms with Gasteiger partial charge in [0.2, 0.25) is 0 Å². The minimum atomic E-state index is -5.77. The van der Waals surface area contributed by atoms with Gasteiger partial charge >= 0.3 is 23.9 Å². The zero-order valence-corrected chi connectivity index (χ0v) is 9.63. The van der Waals surface area contributed by atoms with Crippen LogP contribution in [0.5, 0.6) is 0 Å². The van der Waals surface area contributed by atoms with Crippen LogP contribution in [0.4, 0.5) is 26.3 Å². The quantitative estimate of drug-likeness (QED) is 0.479. The molecule has 10 heteroatoms. The first-order valence-corrected chi connectivity index (χ1v) is 4.64. The second-order valence-corrected chi connectivity index (χ2v) is 3.19. The molecule has 0 N–H and O–H groups in total. The van der Waals surface area contributed by atoms with Crippen LogP contribution in [-0.2, 0) is 9.59 Å². The lowest BCUT2D eigenvalue weighted by atomic mass is 10.2. The Morgan fingerprint density at radius 3 is 1.50 bits per heavy atom. The molecule has 1 rings (SSSR count). The fourth-order valence-corrected chi connectivity index (χ4v) is 0.736. The van der Waals surface area contributed by atoms with Crippen LogP contribution in [-0.4, -0.2) is 29.7 Å². The normalized spacial score (nSPS) is 11.3. The first kappa shape index (κ1) is 17.9. The highest BCUT2D eigenvalue weighted by atomic mass is 19.4. The van der Waals surface area contributed by atoms with Gasteiger partial charge < -0.3 is 4.42 Å². The van der Waals surface area contributed by atoms with Gasteiger partial charge in [-0.15, -0.1) is 0 Å². The highest BCUT2D eigenvalue weighted by Gasteiger charge is 2.54. The number of alkyl halides is 6. The first-order chi connectivity index (χ1) is 8.87. The molecule has 0 atom stereocenters. The SMILES string of the molecule is CC(=O)c1ccco1.O=C(C(=O)C(F)(F)F)C(F)(F)F. The number of hydrogen-bond donors (Lipinski definition) is 0. The summed E-state index contributed by atoms with van der Waals surface area (Å²) in [5.74, 6) is -6.43. The van der Waals surface area contributed by atoms with Gasteiger partial charge in [0, 0.05) is 6.92 Å². The van der Waals surface area contributed by atoms with Crippen LogP contribution in [0.2, 0.25) is 0 Å². The zero-order valence-electron chi connectivity index (χ0n) is 9.63. The Hall–Kier alpha value is -2.13. The summed E-state index contributed by atoms with van der Waals surface area (Å²) in [6.07, 6.45) is -10.1. The summed E-state index contributed by atoms with van der Waals surface area (Å²) >= 11 is 0. The van der Waals surface area contributed by atoms with Crippen LogP contribution in [0.15, 0.2) is 22.8 Å². The maximum Gasteiger partial charge on any atom is 0.458 e.